The third kappa shape index (κ3) is 5.09. The zero-order valence-corrected chi connectivity index (χ0v) is 17.8. The molecule has 0 radical (unpaired) electrons. The summed E-state index contributed by atoms with van der Waals surface area (Å²) < 4.78 is 5.49. The zero-order valence-electron chi connectivity index (χ0n) is 16.9. The Kier molecular flexibility index (Phi) is 7.13. The molecule has 1 amide bonds. The number of nitrogens with one attached hydrogen (secondary N) is 1. The van der Waals surface area contributed by atoms with E-state index in [0.29, 0.717) is 17.3 Å². The molecular weight excluding hydrogens is 388 g/mol. The first kappa shape index (κ1) is 21.2. The highest BCUT2D eigenvalue weighted by Gasteiger charge is 2.16. The quantitative estimate of drug-likeness (QED) is 0.558. The first-order valence-electron chi connectivity index (χ1n) is 9.70. The topological polar surface area (TPSA) is 91.5 Å². The number of aliphatic hydroxyl groups excluding tert-OH is 1. The molecule has 0 spiro atoms. The number of aliphatic hydroxyl groups is 1. The van der Waals surface area contributed by atoms with Crippen molar-refractivity contribution in [2.45, 2.75) is 27.3 Å². The first-order chi connectivity index (χ1) is 14.0. The number of aryl methyl sites for hydroxylation is 1. The monoisotopic (exact) mass is 414 g/mol. The second-order valence-corrected chi connectivity index (χ2v) is 7.79. The number of thiophene rings is 1. The minimum Gasteiger partial charge on any atom is -0.395 e. The Labute approximate surface area is 174 Å². The molecule has 0 saturated carbocycles. The molecule has 0 aliphatic heterocycles. The smallest absolute Gasteiger partial charge is 0.268 e. The molecule has 0 unspecified atom stereocenters. The summed E-state index contributed by atoms with van der Waals surface area (Å²) in [4.78, 5) is 21.1. The predicted octanol–water partition coefficient (Wildman–Crippen LogP) is 3.34. The molecule has 8 heteroatoms. The Morgan fingerprint density at radius 1 is 1.24 bits per heavy atom. The number of hydrogen-bond acceptors (Lipinski definition) is 7. The van der Waals surface area contributed by atoms with E-state index in [-0.39, 0.29) is 19.1 Å². The van der Waals surface area contributed by atoms with E-state index in [0.717, 1.165) is 30.1 Å². The molecule has 1 aromatic carbocycles. The van der Waals surface area contributed by atoms with E-state index >= 15 is 0 Å². The lowest BCUT2D eigenvalue weighted by Crippen LogP contribution is -2.26. The van der Waals surface area contributed by atoms with Crippen molar-refractivity contribution in [1.82, 2.24) is 20.4 Å². The van der Waals surface area contributed by atoms with Crippen molar-refractivity contribution in [1.29, 1.82) is 0 Å². The fraction of sp³-hybridized carbons (Fsp3) is 0.381. The molecule has 0 fully saturated rings. The molecule has 2 N–H and O–H groups in total. The number of amides is 1. The molecule has 154 valence electrons. The van der Waals surface area contributed by atoms with Gasteiger partial charge in [-0.3, -0.25) is 9.69 Å². The third-order valence-electron chi connectivity index (χ3n) is 4.72. The average molecular weight is 415 g/mol. The summed E-state index contributed by atoms with van der Waals surface area (Å²) in [6.45, 7) is 9.53. The maximum Gasteiger partial charge on any atom is 0.268 e. The average Bonchev–Trinajstić information content (AvgIpc) is 3.37. The summed E-state index contributed by atoms with van der Waals surface area (Å²) in [5.41, 5.74) is 2.52. The van der Waals surface area contributed by atoms with Crippen molar-refractivity contribution in [3.8, 4) is 22.2 Å². The van der Waals surface area contributed by atoms with Gasteiger partial charge in [-0.25, -0.2) is 0 Å². The predicted molar refractivity (Wildman–Crippen MR) is 114 cm³/mol. The molecule has 29 heavy (non-hydrogen) atoms. The Bertz CT molecular complexity index is 945. The number of benzene rings is 1. The molecule has 7 nitrogen and oxygen atoms in total. The van der Waals surface area contributed by atoms with E-state index in [1.54, 1.807) is 35.6 Å². The van der Waals surface area contributed by atoms with Gasteiger partial charge in [0.05, 0.1) is 11.5 Å². The van der Waals surface area contributed by atoms with Crippen molar-refractivity contribution in [3.63, 3.8) is 0 Å². The molecule has 3 aromatic rings. The lowest BCUT2D eigenvalue weighted by atomic mass is 10.1. The highest BCUT2D eigenvalue weighted by molar-refractivity contribution is 7.15. The van der Waals surface area contributed by atoms with Gasteiger partial charge in [-0.2, -0.15) is 4.98 Å². The fourth-order valence-corrected chi connectivity index (χ4v) is 4.05. The third-order valence-corrected chi connectivity index (χ3v) is 5.93. The van der Waals surface area contributed by atoms with Gasteiger partial charge in [-0.15, -0.1) is 11.3 Å². The van der Waals surface area contributed by atoms with Crippen LogP contribution < -0.4 is 5.32 Å². The van der Waals surface area contributed by atoms with Gasteiger partial charge in [0.2, 0.25) is 5.82 Å². The van der Waals surface area contributed by atoms with Crippen LogP contribution >= 0.6 is 11.3 Å². The van der Waals surface area contributed by atoms with E-state index < -0.39 is 0 Å². The molecule has 0 atom stereocenters. The van der Waals surface area contributed by atoms with Gasteiger partial charge in [-0.05, 0) is 43.8 Å². The van der Waals surface area contributed by atoms with E-state index in [1.165, 1.54) is 10.4 Å². The minimum atomic E-state index is -0.228. The molecule has 0 bridgehead atoms. The fourth-order valence-electron chi connectivity index (χ4n) is 2.92. The van der Waals surface area contributed by atoms with Gasteiger partial charge in [0, 0.05) is 29.1 Å². The lowest BCUT2D eigenvalue weighted by molar-refractivity contribution is 0.0945. The number of carbonyl (C=O) groups excluding carboxylic acids is 1. The standard InChI is InChI=1S/C21H26N4O3S/c1-4-25(5-2)13-18-14(3)12-17(29-18)21-23-19(24-28-21)15-6-8-16(9-7-15)20(27)22-10-11-26/h6-9,12,26H,4-5,10-11,13H2,1-3H3,(H,22,27). The van der Waals surface area contributed by atoms with Crippen molar-refractivity contribution in [3.05, 3.63) is 46.3 Å². The number of rotatable bonds is 9. The van der Waals surface area contributed by atoms with Crippen LogP contribution in [0.3, 0.4) is 0 Å². The Morgan fingerprint density at radius 2 is 1.97 bits per heavy atom. The van der Waals surface area contributed by atoms with Gasteiger partial charge in [0.25, 0.3) is 11.8 Å². The number of aromatic nitrogens is 2. The molecule has 0 aliphatic rings. The van der Waals surface area contributed by atoms with Gasteiger partial charge < -0.3 is 14.9 Å². The van der Waals surface area contributed by atoms with Crippen LogP contribution in [0.2, 0.25) is 0 Å². The SMILES string of the molecule is CCN(CC)Cc1sc(-c2nc(-c3ccc(C(=O)NCCO)cc3)no2)cc1C. The van der Waals surface area contributed by atoms with Crippen molar-refractivity contribution < 1.29 is 14.4 Å². The second-order valence-electron chi connectivity index (χ2n) is 6.66. The van der Waals surface area contributed by atoms with Crippen LogP contribution in [-0.2, 0) is 6.54 Å². The van der Waals surface area contributed by atoms with Gasteiger partial charge >= 0.3 is 0 Å². The van der Waals surface area contributed by atoms with Crippen LogP contribution in [0, 0.1) is 6.92 Å². The molecule has 3 rings (SSSR count). The van der Waals surface area contributed by atoms with Crippen LogP contribution in [-0.4, -0.2) is 52.3 Å². The maximum atomic E-state index is 11.9. The minimum absolute atomic E-state index is 0.0890. The normalized spacial score (nSPS) is 11.2. The molecule has 2 heterocycles. The molecule has 0 aliphatic carbocycles. The Hall–Kier alpha value is -2.55. The van der Waals surface area contributed by atoms with Crippen LogP contribution in [0.15, 0.2) is 34.9 Å². The van der Waals surface area contributed by atoms with Gasteiger partial charge in [-0.1, -0.05) is 31.1 Å². The zero-order chi connectivity index (χ0) is 20.8. The van der Waals surface area contributed by atoms with Crippen LogP contribution in [0.4, 0.5) is 0 Å². The maximum absolute atomic E-state index is 11.9. The second kappa shape index (κ2) is 9.78. The summed E-state index contributed by atoms with van der Waals surface area (Å²) in [5, 5.41) is 15.5. The van der Waals surface area contributed by atoms with E-state index in [4.69, 9.17) is 9.63 Å². The van der Waals surface area contributed by atoms with E-state index in [2.05, 4.69) is 47.2 Å². The highest BCUT2D eigenvalue weighted by Crippen LogP contribution is 2.32. The Balaban J connectivity index is 1.75. The summed E-state index contributed by atoms with van der Waals surface area (Å²) in [6, 6.07) is 9.07. The summed E-state index contributed by atoms with van der Waals surface area (Å²) in [6.07, 6.45) is 0. The summed E-state index contributed by atoms with van der Waals surface area (Å²) >= 11 is 1.68. The number of hydrogen-bond donors (Lipinski definition) is 2. The number of nitrogens with zero attached hydrogens (tertiary/aromatic N) is 3. The summed E-state index contributed by atoms with van der Waals surface area (Å²) in [7, 11) is 0. The Morgan fingerprint density at radius 3 is 2.62 bits per heavy atom. The van der Waals surface area contributed by atoms with Crippen LogP contribution in [0.5, 0.6) is 0 Å². The molecule has 2 aromatic heterocycles. The van der Waals surface area contributed by atoms with Gasteiger partial charge in [0.1, 0.15) is 0 Å². The first-order valence-corrected chi connectivity index (χ1v) is 10.5. The van der Waals surface area contributed by atoms with Crippen molar-refractivity contribution in [2.24, 2.45) is 0 Å². The number of carbonyl (C=O) groups is 1. The molecule has 0 saturated heterocycles. The lowest BCUT2D eigenvalue weighted by Gasteiger charge is -2.17. The van der Waals surface area contributed by atoms with Crippen LogP contribution in [0.25, 0.3) is 22.2 Å². The van der Waals surface area contributed by atoms with Crippen molar-refractivity contribution in [2.75, 3.05) is 26.2 Å². The van der Waals surface area contributed by atoms with E-state index in [9.17, 15) is 4.79 Å². The van der Waals surface area contributed by atoms with Crippen LogP contribution in [0.1, 0.15) is 34.6 Å². The van der Waals surface area contributed by atoms with E-state index in [1.807, 2.05) is 0 Å². The van der Waals surface area contributed by atoms with Crippen molar-refractivity contribution >= 4 is 17.2 Å². The van der Waals surface area contributed by atoms with Gasteiger partial charge in [0.15, 0.2) is 0 Å². The highest BCUT2D eigenvalue weighted by atomic mass is 32.1. The largest absolute Gasteiger partial charge is 0.395 e. The molecular formula is C21H26N4O3S. The summed E-state index contributed by atoms with van der Waals surface area (Å²) in [5.74, 6) is 0.761.